The topological polar surface area (TPSA) is 95.7 Å². The van der Waals surface area contributed by atoms with Crippen LogP contribution in [0.15, 0.2) is 53.0 Å². The second-order valence-corrected chi connectivity index (χ2v) is 9.80. The minimum absolute atomic E-state index is 0.160. The maximum atomic E-state index is 13.3. The first-order valence-corrected chi connectivity index (χ1v) is 11.6. The molecular weight excluding hydrogens is 514 g/mol. The number of hydrogen-bond donors (Lipinski definition) is 1. The van der Waals surface area contributed by atoms with Gasteiger partial charge in [-0.3, -0.25) is 4.79 Å². The monoisotopic (exact) mass is 533 g/mol. The molecule has 2 aliphatic rings. The lowest BCUT2D eigenvalue weighted by molar-refractivity contribution is -0.216. The Hall–Kier alpha value is -2.14. The van der Waals surface area contributed by atoms with E-state index in [4.69, 9.17) is 25.8 Å². The van der Waals surface area contributed by atoms with Gasteiger partial charge in [-0.15, -0.1) is 5.10 Å². The summed E-state index contributed by atoms with van der Waals surface area (Å²) in [5.41, 5.74) is 1.92. The van der Waals surface area contributed by atoms with E-state index in [2.05, 4.69) is 26.2 Å². The number of halogens is 2. The zero-order chi connectivity index (χ0) is 23.3. The molecule has 1 aromatic heterocycles. The molecule has 0 unspecified atom stereocenters. The van der Waals surface area contributed by atoms with Crippen molar-refractivity contribution in [1.82, 2.24) is 15.0 Å². The van der Waals surface area contributed by atoms with Crippen LogP contribution < -0.4 is 0 Å². The average molecular weight is 535 g/mol. The molecule has 4 atom stereocenters. The number of aliphatic hydroxyl groups is 1. The molecule has 0 radical (unpaired) electrons. The molecule has 10 heteroatoms. The van der Waals surface area contributed by atoms with E-state index in [0.717, 1.165) is 10.0 Å². The first kappa shape index (κ1) is 22.6. The molecule has 0 amide bonds. The van der Waals surface area contributed by atoms with Gasteiger partial charge in [0.1, 0.15) is 24.0 Å². The minimum atomic E-state index is -0.922. The molecule has 0 aliphatic carbocycles. The highest BCUT2D eigenvalue weighted by atomic mass is 79.9. The van der Waals surface area contributed by atoms with Gasteiger partial charge >= 0.3 is 0 Å². The Bertz CT molecular complexity index is 1180. The summed E-state index contributed by atoms with van der Waals surface area (Å²) in [6.07, 6.45) is -2.84. The van der Waals surface area contributed by atoms with Gasteiger partial charge < -0.3 is 19.3 Å². The third-order valence-corrected chi connectivity index (χ3v) is 6.42. The lowest BCUT2D eigenvalue weighted by atomic mass is 10.0. The third kappa shape index (κ3) is 4.37. The van der Waals surface area contributed by atoms with Gasteiger partial charge in [0, 0.05) is 20.6 Å². The summed E-state index contributed by atoms with van der Waals surface area (Å²) in [6, 6.07) is 14.1. The van der Waals surface area contributed by atoms with Crippen LogP contribution in [0.2, 0.25) is 5.02 Å². The number of nitrogens with zero attached hydrogens (tertiary/aromatic N) is 3. The van der Waals surface area contributed by atoms with E-state index in [0.29, 0.717) is 16.3 Å². The van der Waals surface area contributed by atoms with Crippen molar-refractivity contribution in [2.75, 3.05) is 0 Å². The van der Waals surface area contributed by atoms with Crippen molar-refractivity contribution in [3.05, 3.63) is 69.3 Å². The Morgan fingerprint density at radius 1 is 1.15 bits per heavy atom. The van der Waals surface area contributed by atoms with Crippen molar-refractivity contribution < 1.29 is 24.1 Å². The van der Waals surface area contributed by atoms with Gasteiger partial charge in [0.15, 0.2) is 17.8 Å². The third-order valence-electron chi connectivity index (χ3n) is 5.64. The first-order valence-electron chi connectivity index (χ1n) is 10.4. The zero-order valence-electron chi connectivity index (χ0n) is 17.8. The van der Waals surface area contributed by atoms with Crippen LogP contribution in [-0.2, 0) is 20.8 Å². The fourth-order valence-corrected chi connectivity index (χ4v) is 4.50. The number of benzene rings is 2. The number of carbonyl (C=O) groups is 1. The molecule has 2 aromatic carbocycles. The van der Waals surface area contributed by atoms with Crippen LogP contribution in [0, 0.1) is 0 Å². The molecular formula is C23H21BrClN3O5. The summed E-state index contributed by atoms with van der Waals surface area (Å²) in [4.78, 5) is 13.3. The number of aliphatic hydroxyl groups excluding tert-OH is 1. The van der Waals surface area contributed by atoms with Crippen molar-refractivity contribution in [3.8, 4) is 11.3 Å². The molecule has 0 saturated carbocycles. The quantitative estimate of drug-likeness (QED) is 0.497. The zero-order valence-corrected chi connectivity index (χ0v) is 20.2. The maximum absolute atomic E-state index is 13.3. The normalized spacial score (nSPS) is 25.8. The summed E-state index contributed by atoms with van der Waals surface area (Å²) in [6.45, 7) is 3.70. The average Bonchev–Trinajstić information content (AvgIpc) is 3.41. The standard InChI is InChI=1S/C23H21BrClN3O5/c1-23(2)32-21-20(30)16(31-22(21)33-23)11-28-18(12-3-7-14(24)8-4-12)17(26-27-28)19(29)13-5-9-15(25)10-6-13/h3-10,16,20-22,30H,11H2,1-2H3/t16-,20+,21-,22-/m1/s1. The van der Waals surface area contributed by atoms with E-state index in [1.807, 2.05) is 24.3 Å². The number of aromatic nitrogens is 3. The number of rotatable bonds is 5. The predicted octanol–water partition coefficient (Wildman–Crippen LogP) is 3.83. The summed E-state index contributed by atoms with van der Waals surface area (Å²) in [5.74, 6) is -1.11. The SMILES string of the molecule is CC1(C)O[C@H]2O[C@H](Cn3nnc(C(=O)c4ccc(Cl)cc4)c3-c3ccc(Br)cc3)[C@H](O)[C@H]2O1. The van der Waals surface area contributed by atoms with Gasteiger partial charge in [0.25, 0.3) is 0 Å². The summed E-state index contributed by atoms with van der Waals surface area (Å²) >= 11 is 9.40. The molecule has 0 bridgehead atoms. The number of hydrogen-bond acceptors (Lipinski definition) is 7. The molecule has 172 valence electrons. The second kappa shape index (κ2) is 8.57. The Balaban J connectivity index is 1.48. The van der Waals surface area contributed by atoms with Crippen molar-refractivity contribution in [3.63, 3.8) is 0 Å². The maximum Gasteiger partial charge on any atom is 0.215 e. The highest BCUT2D eigenvalue weighted by Gasteiger charge is 2.54. The van der Waals surface area contributed by atoms with Gasteiger partial charge in [0.2, 0.25) is 5.78 Å². The Morgan fingerprint density at radius 2 is 1.85 bits per heavy atom. The lowest BCUT2D eigenvalue weighted by Gasteiger charge is -2.23. The molecule has 1 N–H and O–H groups in total. The van der Waals surface area contributed by atoms with Gasteiger partial charge in [-0.25, -0.2) is 4.68 Å². The van der Waals surface area contributed by atoms with Crippen molar-refractivity contribution in [2.24, 2.45) is 0 Å². The smallest absolute Gasteiger partial charge is 0.215 e. The highest BCUT2D eigenvalue weighted by molar-refractivity contribution is 9.10. The first-order chi connectivity index (χ1) is 15.7. The van der Waals surface area contributed by atoms with Crippen LogP contribution in [0.1, 0.15) is 29.9 Å². The molecule has 0 spiro atoms. The van der Waals surface area contributed by atoms with Crippen LogP contribution in [-0.4, -0.2) is 56.3 Å². The molecule has 2 aliphatic heterocycles. The van der Waals surface area contributed by atoms with Gasteiger partial charge in [-0.1, -0.05) is 44.9 Å². The van der Waals surface area contributed by atoms with Gasteiger partial charge in [-0.2, -0.15) is 0 Å². The predicted molar refractivity (Wildman–Crippen MR) is 123 cm³/mol. The van der Waals surface area contributed by atoms with Crippen LogP contribution in [0.25, 0.3) is 11.3 Å². The van der Waals surface area contributed by atoms with E-state index in [1.165, 1.54) is 0 Å². The molecule has 33 heavy (non-hydrogen) atoms. The van der Waals surface area contributed by atoms with Crippen LogP contribution >= 0.6 is 27.5 Å². The van der Waals surface area contributed by atoms with E-state index in [9.17, 15) is 9.90 Å². The second-order valence-electron chi connectivity index (χ2n) is 8.45. The highest BCUT2D eigenvalue weighted by Crippen LogP contribution is 2.38. The number of carbonyl (C=O) groups excluding carboxylic acids is 1. The molecule has 3 aromatic rings. The van der Waals surface area contributed by atoms with Gasteiger partial charge in [-0.05, 0) is 50.2 Å². The van der Waals surface area contributed by atoms with Crippen molar-refractivity contribution >= 4 is 33.3 Å². The number of ether oxygens (including phenoxy) is 3. The molecule has 2 fully saturated rings. The molecule has 3 heterocycles. The fourth-order valence-electron chi connectivity index (χ4n) is 4.10. The largest absolute Gasteiger partial charge is 0.387 e. The van der Waals surface area contributed by atoms with Gasteiger partial charge in [0.05, 0.1) is 6.54 Å². The Morgan fingerprint density at radius 3 is 2.52 bits per heavy atom. The fraction of sp³-hybridized carbons (Fsp3) is 0.348. The Labute approximate surface area is 203 Å². The summed E-state index contributed by atoms with van der Waals surface area (Å²) in [7, 11) is 0. The Kier molecular flexibility index (Phi) is 5.88. The summed E-state index contributed by atoms with van der Waals surface area (Å²) in [5, 5.41) is 19.8. The van der Waals surface area contributed by atoms with E-state index >= 15 is 0 Å². The molecule has 5 rings (SSSR count). The number of fused-ring (bicyclic) bond motifs is 1. The van der Waals surface area contributed by atoms with Crippen molar-refractivity contribution in [2.45, 2.75) is 50.8 Å². The van der Waals surface area contributed by atoms with Crippen molar-refractivity contribution in [1.29, 1.82) is 0 Å². The van der Waals surface area contributed by atoms with E-state index < -0.39 is 30.4 Å². The molecule has 8 nitrogen and oxygen atoms in total. The number of ketones is 1. The van der Waals surface area contributed by atoms with Crippen LogP contribution in [0.5, 0.6) is 0 Å². The van der Waals surface area contributed by atoms with E-state index in [1.54, 1.807) is 42.8 Å². The van der Waals surface area contributed by atoms with Crippen LogP contribution in [0.3, 0.4) is 0 Å². The molecule has 2 saturated heterocycles. The van der Waals surface area contributed by atoms with Crippen LogP contribution in [0.4, 0.5) is 0 Å². The van der Waals surface area contributed by atoms with E-state index in [-0.39, 0.29) is 18.0 Å². The lowest BCUT2D eigenvalue weighted by Crippen LogP contribution is -2.36. The minimum Gasteiger partial charge on any atom is -0.387 e. The summed E-state index contributed by atoms with van der Waals surface area (Å²) < 4.78 is 19.9.